The Balaban J connectivity index is 2.28. The second-order valence-corrected chi connectivity index (χ2v) is 5.26. The zero-order valence-electron chi connectivity index (χ0n) is 12.0. The van der Waals surface area contributed by atoms with Crippen LogP contribution in [-0.4, -0.2) is 60.7 Å². The van der Waals surface area contributed by atoms with Crippen LogP contribution in [0.5, 0.6) is 0 Å². The molecule has 1 aliphatic heterocycles. The van der Waals surface area contributed by atoms with Gasteiger partial charge < -0.3 is 20.1 Å². The number of carbonyl (C=O) groups excluding carboxylic acids is 1. The van der Waals surface area contributed by atoms with Gasteiger partial charge in [-0.1, -0.05) is 12.2 Å². The minimum absolute atomic E-state index is 0.130. The van der Waals surface area contributed by atoms with E-state index in [1.165, 1.54) is 4.90 Å². The average Bonchev–Trinajstić information content (AvgIpc) is 2.37. The Morgan fingerprint density at radius 3 is 2.48 bits per heavy atom. The molecule has 0 bridgehead atoms. The number of hydrogen-bond donors (Lipinski definition) is 2. The Hall–Kier alpha value is -1.28. The summed E-state index contributed by atoms with van der Waals surface area (Å²) in [5.41, 5.74) is -1.82. The summed E-state index contributed by atoms with van der Waals surface area (Å²) in [5.74, 6) is 0. The molecule has 0 aromatic heterocycles. The molecule has 1 rings (SSSR count). The normalized spacial score (nSPS) is 18.4. The van der Waals surface area contributed by atoms with E-state index in [1.54, 1.807) is 0 Å². The van der Waals surface area contributed by atoms with Crippen LogP contribution < -0.4 is 5.32 Å². The highest BCUT2D eigenvalue weighted by Crippen LogP contribution is 2.38. The lowest BCUT2D eigenvalue weighted by atomic mass is 9.91. The molecule has 8 heteroatoms. The van der Waals surface area contributed by atoms with Gasteiger partial charge in [-0.2, -0.15) is 13.2 Å². The third-order valence-corrected chi connectivity index (χ3v) is 3.28. The number of nitrogens with one attached hydrogen (secondary N) is 1. The fourth-order valence-electron chi connectivity index (χ4n) is 1.95. The molecule has 1 heterocycles. The molecule has 0 unspecified atom stereocenters. The van der Waals surface area contributed by atoms with Gasteiger partial charge in [0, 0.05) is 32.5 Å². The van der Waals surface area contributed by atoms with Crippen LogP contribution in [0.15, 0.2) is 12.2 Å². The van der Waals surface area contributed by atoms with Gasteiger partial charge >= 0.3 is 12.2 Å². The predicted octanol–water partition coefficient (Wildman–Crippen LogP) is 1.68. The number of halogens is 3. The number of carbonyl (C=O) groups is 1. The van der Waals surface area contributed by atoms with Crippen molar-refractivity contribution in [2.45, 2.75) is 31.5 Å². The highest BCUT2D eigenvalue weighted by Gasteiger charge is 2.54. The number of likely N-dealkylation sites (tertiary alicyclic amines) is 1. The third kappa shape index (κ3) is 5.20. The summed E-state index contributed by atoms with van der Waals surface area (Å²) in [4.78, 5) is 13.0. The molecule has 2 N–H and O–H groups in total. The lowest BCUT2D eigenvalue weighted by molar-refractivity contribution is -0.271. The van der Waals surface area contributed by atoms with Gasteiger partial charge in [0.25, 0.3) is 0 Å². The Morgan fingerprint density at radius 1 is 1.43 bits per heavy atom. The van der Waals surface area contributed by atoms with Crippen molar-refractivity contribution in [2.75, 3.05) is 32.8 Å². The molecular formula is C13H21F3N2O3. The van der Waals surface area contributed by atoms with Crippen molar-refractivity contribution in [1.82, 2.24) is 10.2 Å². The Bertz CT molecular complexity index is 377. The molecule has 21 heavy (non-hydrogen) atoms. The molecule has 0 saturated carbocycles. The van der Waals surface area contributed by atoms with E-state index in [0.29, 0.717) is 13.2 Å². The maximum atomic E-state index is 12.6. The monoisotopic (exact) mass is 310 g/mol. The van der Waals surface area contributed by atoms with Crippen LogP contribution >= 0.6 is 0 Å². The Morgan fingerprint density at radius 2 is 2.00 bits per heavy atom. The van der Waals surface area contributed by atoms with E-state index in [9.17, 15) is 23.1 Å². The van der Waals surface area contributed by atoms with E-state index in [4.69, 9.17) is 4.74 Å². The molecule has 5 nitrogen and oxygen atoms in total. The van der Waals surface area contributed by atoms with Crippen LogP contribution in [0.4, 0.5) is 18.0 Å². The van der Waals surface area contributed by atoms with Crippen molar-refractivity contribution in [2.24, 2.45) is 0 Å². The van der Waals surface area contributed by atoms with Gasteiger partial charge in [0.05, 0.1) is 13.2 Å². The highest BCUT2D eigenvalue weighted by molar-refractivity contribution is 5.74. The Kier molecular flexibility index (Phi) is 6.03. The molecule has 122 valence electrons. The number of piperidine rings is 1. The topological polar surface area (TPSA) is 61.8 Å². The number of alkyl halides is 3. The minimum atomic E-state index is -4.66. The second-order valence-electron chi connectivity index (χ2n) is 5.26. The summed E-state index contributed by atoms with van der Waals surface area (Å²) in [6.45, 7) is 6.19. The third-order valence-electron chi connectivity index (χ3n) is 3.28. The zero-order chi connectivity index (χ0) is 16.1. The average molecular weight is 310 g/mol. The molecule has 1 saturated heterocycles. The molecule has 0 radical (unpaired) electrons. The van der Waals surface area contributed by atoms with Gasteiger partial charge in [-0.3, -0.25) is 0 Å². The number of urea groups is 1. The van der Waals surface area contributed by atoms with Crippen LogP contribution in [0.2, 0.25) is 0 Å². The fraction of sp³-hybridized carbons (Fsp3) is 0.769. The van der Waals surface area contributed by atoms with Crippen LogP contribution in [-0.2, 0) is 4.74 Å². The van der Waals surface area contributed by atoms with Crippen molar-refractivity contribution in [3.05, 3.63) is 12.2 Å². The maximum absolute atomic E-state index is 12.6. The number of aliphatic hydroxyl groups is 1. The number of ether oxygens (including phenoxy) is 1. The van der Waals surface area contributed by atoms with Crippen molar-refractivity contribution in [3.63, 3.8) is 0 Å². The lowest BCUT2D eigenvalue weighted by Gasteiger charge is -2.38. The summed E-state index contributed by atoms with van der Waals surface area (Å²) < 4.78 is 43.0. The molecule has 1 aliphatic rings. The van der Waals surface area contributed by atoms with Gasteiger partial charge in [0.1, 0.15) is 0 Å². The van der Waals surface area contributed by atoms with Crippen LogP contribution in [0.1, 0.15) is 19.8 Å². The van der Waals surface area contributed by atoms with E-state index in [-0.39, 0.29) is 19.6 Å². The van der Waals surface area contributed by atoms with Gasteiger partial charge in [-0.05, 0) is 6.92 Å². The molecular weight excluding hydrogens is 289 g/mol. The van der Waals surface area contributed by atoms with Gasteiger partial charge in [-0.25, -0.2) is 4.79 Å². The number of hydrogen-bond acceptors (Lipinski definition) is 3. The number of amides is 2. The molecule has 0 atom stereocenters. The highest BCUT2D eigenvalue weighted by atomic mass is 19.4. The summed E-state index contributed by atoms with van der Waals surface area (Å²) >= 11 is 0. The van der Waals surface area contributed by atoms with E-state index in [1.807, 2.05) is 6.92 Å². The molecule has 0 aromatic carbocycles. The van der Waals surface area contributed by atoms with Gasteiger partial charge in [0.2, 0.25) is 0 Å². The molecule has 2 amide bonds. The summed E-state index contributed by atoms with van der Waals surface area (Å²) in [5, 5.41) is 12.1. The van der Waals surface area contributed by atoms with Gasteiger partial charge in [0.15, 0.2) is 5.60 Å². The van der Waals surface area contributed by atoms with E-state index in [0.717, 1.165) is 5.57 Å². The smallest absolute Gasteiger partial charge is 0.380 e. The number of rotatable bonds is 5. The standard InChI is InChI=1S/C13H21F3N2O3/c1-10(2)9-21-8-5-17-11(19)18-6-3-12(20,4-7-18)13(14,15)16/h20H,1,3-9H2,2H3,(H,17,19). The van der Waals surface area contributed by atoms with E-state index < -0.39 is 30.7 Å². The molecule has 1 fully saturated rings. The van der Waals surface area contributed by atoms with Crippen LogP contribution in [0.3, 0.4) is 0 Å². The first-order valence-electron chi connectivity index (χ1n) is 6.70. The fourth-order valence-corrected chi connectivity index (χ4v) is 1.95. The summed E-state index contributed by atoms with van der Waals surface area (Å²) in [6.07, 6.45) is -5.67. The van der Waals surface area contributed by atoms with E-state index >= 15 is 0 Å². The molecule has 0 spiro atoms. The molecule has 0 aliphatic carbocycles. The predicted molar refractivity (Wildman–Crippen MR) is 70.8 cm³/mol. The first-order valence-corrected chi connectivity index (χ1v) is 6.70. The van der Waals surface area contributed by atoms with E-state index in [2.05, 4.69) is 11.9 Å². The first kappa shape index (κ1) is 17.8. The molecule has 0 aromatic rings. The minimum Gasteiger partial charge on any atom is -0.380 e. The van der Waals surface area contributed by atoms with Gasteiger partial charge in [-0.15, -0.1) is 0 Å². The lowest BCUT2D eigenvalue weighted by Crippen LogP contribution is -2.56. The van der Waals surface area contributed by atoms with Crippen LogP contribution in [0, 0.1) is 0 Å². The largest absolute Gasteiger partial charge is 0.417 e. The van der Waals surface area contributed by atoms with Crippen molar-refractivity contribution < 1.29 is 27.8 Å². The zero-order valence-corrected chi connectivity index (χ0v) is 12.0. The second kappa shape index (κ2) is 7.13. The summed E-state index contributed by atoms with van der Waals surface area (Å²) in [7, 11) is 0. The Labute approximate surface area is 121 Å². The quantitative estimate of drug-likeness (QED) is 0.600. The van der Waals surface area contributed by atoms with Crippen molar-refractivity contribution >= 4 is 6.03 Å². The van der Waals surface area contributed by atoms with Crippen molar-refractivity contribution in [3.8, 4) is 0 Å². The van der Waals surface area contributed by atoms with Crippen molar-refractivity contribution in [1.29, 1.82) is 0 Å². The van der Waals surface area contributed by atoms with Crippen LogP contribution in [0.25, 0.3) is 0 Å². The summed E-state index contributed by atoms with van der Waals surface area (Å²) in [6, 6.07) is -0.446. The first-order chi connectivity index (χ1) is 9.66. The maximum Gasteiger partial charge on any atom is 0.417 e. The number of nitrogens with zero attached hydrogens (tertiary/aromatic N) is 1. The SMILES string of the molecule is C=C(C)COCCNC(=O)N1CCC(O)(C(F)(F)F)CC1.